The van der Waals surface area contributed by atoms with E-state index in [1.807, 2.05) is 0 Å². The molecule has 7 heavy (non-hydrogen) atoms. The maximum Gasteiger partial charge on any atom is 2.00 e. The first kappa shape index (κ1) is 15.8. The Bertz CT molecular complexity index is 28.4. The van der Waals surface area contributed by atoms with Gasteiger partial charge in [0.05, 0.1) is 0 Å². The molecule has 0 aliphatic rings. The van der Waals surface area contributed by atoms with Gasteiger partial charge < -0.3 is 10.3 Å². The van der Waals surface area contributed by atoms with Gasteiger partial charge in [-0.3, -0.25) is 0 Å². The Morgan fingerprint density at radius 2 is 1.14 bits per heavy atom. The zero-order valence-electron chi connectivity index (χ0n) is 5.06. The van der Waals surface area contributed by atoms with Gasteiger partial charge in [0.1, 0.15) is 0 Å². The van der Waals surface area contributed by atoms with Crippen LogP contribution in [0.5, 0.6) is 0 Å². The Balaban J connectivity index is -0.0000000800. The number of rotatable bonds is 0. The molecule has 4 heteroatoms. The molecule has 0 heterocycles. The molecule has 0 aromatic heterocycles. The van der Waals surface area contributed by atoms with Gasteiger partial charge in [0, 0.05) is 0 Å². The van der Waals surface area contributed by atoms with E-state index >= 15 is 0 Å². The summed E-state index contributed by atoms with van der Waals surface area (Å²) in [6.07, 6.45) is 0. The predicted octanol–water partition coefficient (Wildman–Crippen LogP) is -0.376. The van der Waals surface area contributed by atoms with Gasteiger partial charge in [0.25, 0.3) is 0 Å². The van der Waals surface area contributed by atoms with Crippen LogP contribution < -0.4 is 4.80 Å². The van der Waals surface area contributed by atoms with Gasteiger partial charge in [-0.25, -0.2) is 0 Å². The average molecular weight is 146 g/mol. The molecule has 0 amide bonds. The van der Waals surface area contributed by atoms with Gasteiger partial charge in [-0.15, -0.1) is 0 Å². The van der Waals surface area contributed by atoms with Crippen molar-refractivity contribution >= 4 is 46.1 Å². The smallest absolute Gasteiger partial charge is 0.870 e. The van der Waals surface area contributed by atoms with Crippen LogP contribution in [-0.2, 0) is 0 Å². The molecular weight excluding hydrogens is 136 g/mol. The summed E-state index contributed by atoms with van der Waals surface area (Å²) in [7, 11) is -1.86. The molecule has 1 N–H and O–H groups in total. The Morgan fingerprint density at radius 3 is 1.14 bits per heavy atom. The Morgan fingerprint density at radius 1 is 1.14 bits per heavy atom. The summed E-state index contributed by atoms with van der Waals surface area (Å²) < 4.78 is 0. The topological polar surface area (TPSA) is 53.1 Å². The average Bonchev–Trinajstić information content (AvgIpc) is 0.722. The van der Waals surface area contributed by atoms with E-state index in [2.05, 4.69) is 0 Å². The Kier molecular flexibility index (Phi) is 12.5. The van der Waals surface area contributed by atoms with Crippen LogP contribution in [0.25, 0.3) is 0 Å². The third-order valence-electron chi connectivity index (χ3n) is 0. The summed E-state index contributed by atoms with van der Waals surface area (Å²) in [5.41, 5.74) is 0. The molecule has 0 rings (SSSR count). The maximum absolute atomic E-state index is 10.2. The van der Waals surface area contributed by atoms with E-state index in [0.29, 0.717) is 0 Å². The molecule has 0 atom stereocenters. The van der Waals surface area contributed by atoms with Crippen molar-refractivity contribution in [2.75, 3.05) is 0 Å². The zero-order chi connectivity index (χ0) is 4.50. The molecule has 0 fully saturated rings. The molecule has 0 radical (unpaired) electrons. The van der Waals surface area contributed by atoms with Crippen molar-refractivity contribution in [1.29, 1.82) is 0 Å². The molecule has 0 aliphatic heterocycles. The van der Waals surface area contributed by atoms with Gasteiger partial charge in [0.15, 0.2) is 0 Å². The monoisotopic (exact) mass is 146 g/mol. The van der Waals surface area contributed by atoms with Crippen molar-refractivity contribution in [3.05, 3.63) is 0 Å². The zero-order valence-corrected chi connectivity index (χ0v) is 8.27. The first-order valence-corrected chi connectivity index (χ1v) is 5.11. The summed E-state index contributed by atoms with van der Waals surface area (Å²) in [4.78, 5) is 10.2. The third-order valence-corrected chi connectivity index (χ3v) is 0. The summed E-state index contributed by atoms with van der Waals surface area (Å²) in [6.45, 7) is 5.31. The van der Waals surface area contributed by atoms with Crippen molar-refractivity contribution < 1.29 is 10.3 Å². The first-order valence-electron chi connectivity index (χ1n) is 1.70. The van der Waals surface area contributed by atoms with E-state index < -0.39 is 8.32 Å². The molecule has 0 aromatic rings. The quantitative estimate of drug-likeness (QED) is 0.438. The van der Waals surface area contributed by atoms with Crippen LogP contribution in [0.3, 0.4) is 0 Å². The van der Waals surface area contributed by atoms with Crippen molar-refractivity contribution in [2.45, 2.75) is 19.6 Å². The fourth-order valence-corrected chi connectivity index (χ4v) is 0. The van der Waals surface area contributed by atoms with Crippen LogP contribution >= 0.6 is 0 Å². The van der Waals surface area contributed by atoms with Crippen molar-refractivity contribution in [1.82, 2.24) is 0 Å². The van der Waals surface area contributed by atoms with Crippen molar-refractivity contribution in [3.63, 3.8) is 0 Å². The van der Waals surface area contributed by atoms with Crippen LogP contribution in [0.4, 0.5) is 0 Å². The minimum atomic E-state index is -1.86. The first-order chi connectivity index (χ1) is 2.00. The minimum Gasteiger partial charge on any atom is -0.870 e. The second-order valence-electron chi connectivity index (χ2n) is 2.11. The van der Waals surface area contributed by atoms with Gasteiger partial charge in [-0.05, 0) is 0 Å². The molecule has 0 saturated carbocycles. The fraction of sp³-hybridized carbons (Fsp3) is 1.00. The normalized spacial score (nSPS) is 8.57. The molecule has 0 aromatic carbocycles. The Labute approximate surface area is 75.4 Å². The van der Waals surface area contributed by atoms with E-state index in [4.69, 9.17) is 0 Å². The van der Waals surface area contributed by atoms with Gasteiger partial charge in [-0.2, -0.15) is 0 Å². The van der Waals surface area contributed by atoms with Gasteiger partial charge in [-0.1, -0.05) is 28.0 Å². The number of hydrogen-bond acceptors (Lipinski definition) is 2. The van der Waals surface area contributed by atoms with Crippen LogP contribution in [0.1, 0.15) is 0 Å². The SMILES string of the molecule is C[Si](C)(C)[O-].[Ca+2].[OH-]. The van der Waals surface area contributed by atoms with Crippen LogP contribution in [0, 0.1) is 0 Å². The van der Waals surface area contributed by atoms with E-state index in [9.17, 15) is 4.80 Å². The molecule has 0 unspecified atom stereocenters. The van der Waals surface area contributed by atoms with E-state index in [1.54, 1.807) is 19.6 Å². The molecule has 0 spiro atoms. The fourth-order valence-electron chi connectivity index (χ4n) is 0. The summed E-state index contributed by atoms with van der Waals surface area (Å²) in [5.74, 6) is 0. The van der Waals surface area contributed by atoms with Gasteiger partial charge in [0.2, 0.25) is 0 Å². The maximum atomic E-state index is 10.2. The standard InChI is InChI=1S/C3H9OSi.Ca.H2O/c1-5(2,3)4;;/h1-3H3;;1H2/q-1;+2;/p-1. The molecule has 40 valence electrons. The molecule has 0 aliphatic carbocycles. The van der Waals surface area contributed by atoms with Crippen molar-refractivity contribution in [2.24, 2.45) is 0 Å². The van der Waals surface area contributed by atoms with Crippen molar-refractivity contribution in [3.8, 4) is 0 Å². The number of hydrogen-bond donors (Lipinski definition) is 0. The minimum absolute atomic E-state index is 0. The molecule has 0 bridgehead atoms. The summed E-state index contributed by atoms with van der Waals surface area (Å²) >= 11 is 0. The van der Waals surface area contributed by atoms with E-state index in [-0.39, 0.29) is 43.2 Å². The molecular formula is C3H10CaO2Si. The van der Waals surface area contributed by atoms with E-state index in [0.717, 1.165) is 0 Å². The molecule has 0 saturated heterocycles. The second-order valence-corrected chi connectivity index (χ2v) is 6.34. The predicted molar refractivity (Wildman–Crippen MR) is 31.0 cm³/mol. The summed E-state index contributed by atoms with van der Waals surface area (Å²) in [6, 6.07) is 0. The third kappa shape index (κ3) is 110. The van der Waals surface area contributed by atoms with Crippen LogP contribution in [-0.4, -0.2) is 51.5 Å². The second kappa shape index (κ2) is 5.53. The summed E-state index contributed by atoms with van der Waals surface area (Å²) in [5, 5.41) is 0. The Hall–Kier alpha value is 1.40. The van der Waals surface area contributed by atoms with Crippen LogP contribution in [0.2, 0.25) is 19.6 Å². The van der Waals surface area contributed by atoms with Gasteiger partial charge >= 0.3 is 37.7 Å². The molecule has 2 nitrogen and oxygen atoms in total. The van der Waals surface area contributed by atoms with E-state index in [1.165, 1.54) is 0 Å². The van der Waals surface area contributed by atoms with Crippen LogP contribution in [0.15, 0.2) is 0 Å². The largest absolute Gasteiger partial charge is 2.00 e.